The third-order valence-corrected chi connectivity index (χ3v) is 3.38. The molecular formula is C11H15NO3S. The summed E-state index contributed by atoms with van der Waals surface area (Å²) < 4.78 is 0. The molecule has 0 unspecified atom stereocenters. The summed E-state index contributed by atoms with van der Waals surface area (Å²) in [5.41, 5.74) is 5.09. The molecule has 1 aromatic rings. The molecule has 5 heteroatoms. The first-order valence-electron chi connectivity index (χ1n) is 4.89. The number of nitrogens with two attached hydrogens (primary N) is 1. The highest BCUT2D eigenvalue weighted by Crippen LogP contribution is 2.27. The van der Waals surface area contributed by atoms with Crippen LogP contribution < -0.4 is 5.73 Å². The van der Waals surface area contributed by atoms with E-state index in [1.54, 1.807) is 31.4 Å². The van der Waals surface area contributed by atoms with Crippen LogP contribution in [0.1, 0.15) is 29.9 Å². The van der Waals surface area contributed by atoms with Crippen molar-refractivity contribution in [2.45, 2.75) is 26.3 Å². The number of aliphatic carboxylic acids is 1. The van der Waals surface area contributed by atoms with Crippen molar-refractivity contribution in [2.75, 3.05) is 0 Å². The van der Waals surface area contributed by atoms with Gasteiger partial charge in [-0.25, -0.2) is 0 Å². The number of rotatable bonds is 5. The maximum Gasteiger partial charge on any atom is 0.303 e. The third kappa shape index (κ3) is 2.90. The monoisotopic (exact) mass is 241 g/mol. The minimum absolute atomic E-state index is 0.120. The summed E-state index contributed by atoms with van der Waals surface area (Å²) in [4.78, 5) is 23.2. The fourth-order valence-corrected chi connectivity index (χ4v) is 2.13. The number of hydrogen-bond acceptors (Lipinski definition) is 4. The van der Waals surface area contributed by atoms with E-state index in [4.69, 9.17) is 10.8 Å². The van der Waals surface area contributed by atoms with Gasteiger partial charge in [0.1, 0.15) is 0 Å². The summed E-state index contributed by atoms with van der Waals surface area (Å²) in [6.07, 6.45) is -0.120. The van der Waals surface area contributed by atoms with Crippen LogP contribution in [0.3, 0.4) is 0 Å². The quantitative estimate of drug-likeness (QED) is 0.770. The summed E-state index contributed by atoms with van der Waals surface area (Å²) in [5, 5.41) is 10.5. The number of hydrogen-bond donors (Lipinski definition) is 2. The average Bonchev–Trinajstić information content (AvgIpc) is 2.66. The second-order valence-electron chi connectivity index (χ2n) is 4.38. The van der Waals surface area contributed by atoms with E-state index in [9.17, 15) is 9.59 Å². The smallest absolute Gasteiger partial charge is 0.303 e. The average molecular weight is 241 g/mol. The second kappa shape index (κ2) is 4.76. The molecule has 0 aromatic carbocycles. The molecule has 0 aliphatic carbocycles. The molecule has 1 rings (SSSR count). The fourth-order valence-electron chi connectivity index (χ4n) is 1.43. The topological polar surface area (TPSA) is 80.4 Å². The molecule has 0 bridgehead atoms. The Balaban J connectivity index is 2.81. The molecule has 0 saturated heterocycles. The van der Waals surface area contributed by atoms with Crippen molar-refractivity contribution in [3.05, 3.63) is 22.4 Å². The maximum absolute atomic E-state index is 11.9. The van der Waals surface area contributed by atoms with Crippen molar-refractivity contribution in [1.29, 1.82) is 0 Å². The van der Waals surface area contributed by atoms with Crippen LogP contribution in [0.5, 0.6) is 0 Å². The highest BCUT2D eigenvalue weighted by Gasteiger charge is 2.34. The Morgan fingerprint density at radius 3 is 2.62 bits per heavy atom. The van der Waals surface area contributed by atoms with E-state index in [2.05, 4.69) is 0 Å². The van der Waals surface area contributed by atoms with Crippen LogP contribution in [0.2, 0.25) is 0 Å². The molecule has 0 amide bonds. The molecule has 4 nitrogen and oxygen atoms in total. The van der Waals surface area contributed by atoms with Crippen LogP contribution in [0.4, 0.5) is 0 Å². The van der Waals surface area contributed by atoms with E-state index in [0.29, 0.717) is 4.88 Å². The molecule has 1 atom stereocenters. The maximum atomic E-state index is 11.9. The molecule has 0 fully saturated rings. The number of carbonyl (C=O) groups is 2. The van der Waals surface area contributed by atoms with Crippen LogP contribution in [-0.4, -0.2) is 22.9 Å². The van der Waals surface area contributed by atoms with Crippen LogP contribution in [-0.2, 0) is 4.79 Å². The van der Waals surface area contributed by atoms with E-state index in [1.807, 2.05) is 0 Å². The minimum atomic E-state index is -0.945. The third-order valence-electron chi connectivity index (χ3n) is 2.50. The van der Waals surface area contributed by atoms with Crippen molar-refractivity contribution < 1.29 is 14.7 Å². The van der Waals surface area contributed by atoms with Crippen LogP contribution >= 0.6 is 11.3 Å². The van der Waals surface area contributed by atoms with Gasteiger partial charge in [0.05, 0.1) is 17.3 Å². The first-order valence-corrected chi connectivity index (χ1v) is 5.77. The van der Waals surface area contributed by atoms with Gasteiger partial charge in [-0.05, 0) is 16.9 Å². The number of Topliss-reactive ketones (excluding diaryl/α,β-unsaturated/α-hetero) is 1. The molecule has 1 aromatic heterocycles. The van der Waals surface area contributed by atoms with Gasteiger partial charge in [0.2, 0.25) is 0 Å². The summed E-state index contributed by atoms with van der Waals surface area (Å²) in [6, 6.07) is 2.68. The van der Waals surface area contributed by atoms with Crippen LogP contribution in [0.15, 0.2) is 17.5 Å². The highest BCUT2D eigenvalue weighted by molar-refractivity contribution is 7.12. The van der Waals surface area contributed by atoms with Crippen molar-refractivity contribution in [3.63, 3.8) is 0 Å². The van der Waals surface area contributed by atoms with Crippen LogP contribution in [0.25, 0.3) is 0 Å². The summed E-state index contributed by atoms with van der Waals surface area (Å²) in [7, 11) is 0. The normalized spacial score (nSPS) is 13.4. The summed E-state index contributed by atoms with van der Waals surface area (Å²) in [5.74, 6) is -1.14. The van der Waals surface area contributed by atoms with Gasteiger partial charge >= 0.3 is 5.97 Å². The van der Waals surface area contributed by atoms with Gasteiger partial charge in [-0.1, -0.05) is 19.9 Å². The number of carbonyl (C=O) groups excluding carboxylic acids is 1. The first kappa shape index (κ1) is 12.9. The van der Waals surface area contributed by atoms with Crippen LogP contribution in [0, 0.1) is 5.41 Å². The zero-order valence-electron chi connectivity index (χ0n) is 9.27. The molecule has 0 aliphatic heterocycles. The highest BCUT2D eigenvalue weighted by atomic mass is 32.1. The molecule has 0 radical (unpaired) electrons. The number of ketones is 1. The SMILES string of the molecule is CC(C)(CC(=O)O)[C@H](N)C(=O)c1cccs1. The second-order valence-corrected chi connectivity index (χ2v) is 5.33. The Labute approximate surface area is 98.1 Å². The molecule has 0 saturated carbocycles. The number of thiophene rings is 1. The Kier molecular flexibility index (Phi) is 3.83. The Hall–Kier alpha value is -1.20. The van der Waals surface area contributed by atoms with Crippen molar-refractivity contribution in [2.24, 2.45) is 11.1 Å². The Morgan fingerprint density at radius 2 is 2.19 bits per heavy atom. The molecule has 1 heterocycles. The minimum Gasteiger partial charge on any atom is -0.481 e. The molecule has 0 spiro atoms. The molecular weight excluding hydrogens is 226 g/mol. The lowest BCUT2D eigenvalue weighted by molar-refractivity contribution is -0.139. The lowest BCUT2D eigenvalue weighted by Gasteiger charge is -2.28. The zero-order valence-corrected chi connectivity index (χ0v) is 10.1. The van der Waals surface area contributed by atoms with Gasteiger partial charge in [-0.3, -0.25) is 9.59 Å². The number of carboxylic acid groups (broad SMARTS) is 1. The van der Waals surface area contributed by atoms with Gasteiger partial charge in [0.15, 0.2) is 5.78 Å². The lowest BCUT2D eigenvalue weighted by Crippen LogP contribution is -2.44. The van der Waals surface area contributed by atoms with Gasteiger partial charge < -0.3 is 10.8 Å². The van der Waals surface area contributed by atoms with Gasteiger partial charge in [-0.15, -0.1) is 11.3 Å². The Morgan fingerprint density at radius 1 is 1.56 bits per heavy atom. The van der Waals surface area contributed by atoms with Crippen molar-refractivity contribution >= 4 is 23.1 Å². The van der Waals surface area contributed by atoms with Gasteiger partial charge in [0.25, 0.3) is 0 Å². The number of carboxylic acids is 1. The van der Waals surface area contributed by atoms with Crippen molar-refractivity contribution in [1.82, 2.24) is 0 Å². The molecule has 3 N–H and O–H groups in total. The standard InChI is InChI=1S/C11H15NO3S/c1-11(2,6-8(13)14)10(12)9(15)7-4-3-5-16-7/h3-5,10H,6,12H2,1-2H3,(H,13,14)/t10-/m1/s1. The predicted molar refractivity (Wildman–Crippen MR) is 62.7 cm³/mol. The van der Waals surface area contributed by atoms with E-state index in [-0.39, 0.29) is 12.2 Å². The zero-order chi connectivity index (χ0) is 12.3. The predicted octanol–water partition coefficient (Wildman–Crippen LogP) is 1.76. The van der Waals surface area contributed by atoms with E-state index in [0.717, 1.165) is 0 Å². The van der Waals surface area contributed by atoms with Gasteiger partial charge in [0, 0.05) is 0 Å². The lowest BCUT2D eigenvalue weighted by atomic mass is 9.79. The van der Waals surface area contributed by atoms with E-state index < -0.39 is 17.4 Å². The van der Waals surface area contributed by atoms with Gasteiger partial charge in [-0.2, -0.15) is 0 Å². The Bertz CT molecular complexity index is 384. The molecule has 16 heavy (non-hydrogen) atoms. The van der Waals surface area contributed by atoms with Crippen molar-refractivity contribution in [3.8, 4) is 0 Å². The summed E-state index contributed by atoms with van der Waals surface area (Å²) in [6.45, 7) is 3.38. The largest absolute Gasteiger partial charge is 0.481 e. The molecule has 88 valence electrons. The first-order chi connectivity index (χ1) is 7.34. The molecule has 0 aliphatic rings. The summed E-state index contributed by atoms with van der Waals surface area (Å²) >= 11 is 1.32. The van der Waals surface area contributed by atoms with E-state index in [1.165, 1.54) is 11.3 Å². The fraction of sp³-hybridized carbons (Fsp3) is 0.455. The van der Waals surface area contributed by atoms with E-state index >= 15 is 0 Å².